The highest BCUT2D eigenvalue weighted by Crippen LogP contribution is 2.07. The molecule has 2 aromatic heterocycles. The fourth-order valence-corrected chi connectivity index (χ4v) is 2.99. The summed E-state index contributed by atoms with van der Waals surface area (Å²) in [5.41, 5.74) is -0.615. The lowest BCUT2D eigenvalue weighted by Crippen LogP contribution is -2.46. The van der Waals surface area contributed by atoms with Crippen molar-refractivity contribution in [2.24, 2.45) is 14.1 Å². The Morgan fingerprint density at radius 2 is 2.04 bits per heavy atom. The molecule has 2 amide bonds. The molecule has 1 aliphatic heterocycles. The number of amides is 2. The zero-order valence-corrected chi connectivity index (χ0v) is 14.1. The van der Waals surface area contributed by atoms with E-state index in [2.05, 4.69) is 15.6 Å². The molecule has 0 aliphatic carbocycles. The van der Waals surface area contributed by atoms with Crippen molar-refractivity contribution in [3.05, 3.63) is 27.2 Å². The zero-order valence-electron chi connectivity index (χ0n) is 14.1. The van der Waals surface area contributed by atoms with Crippen molar-refractivity contribution in [3.63, 3.8) is 0 Å². The van der Waals surface area contributed by atoms with Crippen molar-refractivity contribution in [2.75, 3.05) is 6.54 Å². The number of nitrogens with zero attached hydrogens (tertiary/aromatic N) is 4. The van der Waals surface area contributed by atoms with Crippen LogP contribution in [-0.2, 0) is 30.2 Å². The van der Waals surface area contributed by atoms with Gasteiger partial charge in [-0.25, -0.2) is 9.78 Å². The Morgan fingerprint density at radius 3 is 2.80 bits per heavy atom. The highest BCUT2D eigenvalue weighted by Gasteiger charge is 2.23. The highest BCUT2D eigenvalue weighted by atomic mass is 16.2. The SMILES string of the molecule is Cn1c(=O)c2c(ncn2CC(=O)NC2CCCCNC2=O)n(C)c1=O. The van der Waals surface area contributed by atoms with E-state index >= 15 is 0 Å². The molecular weight excluding hydrogens is 328 g/mol. The topological polar surface area (TPSA) is 120 Å². The number of carbonyl (C=O) groups is 2. The Kier molecular flexibility index (Phi) is 4.43. The molecule has 25 heavy (non-hydrogen) atoms. The molecule has 1 saturated heterocycles. The van der Waals surface area contributed by atoms with E-state index in [-0.39, 0.29) is 23.6 Å². The Bertz CT molecular complexity index is 953. The van der Waals surface area contributed by atoms with Gasteiger partial charge in [0.1, 0.15) is 12.6 Å². The van der Waals surface area contributed by atoms with Crippen LogP contribution in [0.3, 0.4) is 0 Å². The van der Waals surface area contributed by atoms with Gasteiger partial charge in [-0.15, -0.1) is 0 Å². The lowest BCUT2D eigenvalue weighted by Gasteiger charge is -2.15. The third-order valence-electron chi connectivity index (χ3n) is 4.40. The van der Waals surface area contributed by atoms with Crippen LogP contribution in [-0.4, -0.2) is 43.1 Å². The van der Waals surface area contributed by atoms with Gasteiger partial charge in [0.25, 0.3) is 5.56 Å². The Hall–Kier alpha value is -2.91. The molecule has 0 spiro atoms. The Balaban J connectivity index is 1.86. The minimum Gasteiger partial charge on any atom is -0.354 e. The Morgan fingerprint density at radius 1 is 1.28 bits per heavy atom. The summed E-state index contributed by atoms with van der Waals surface area (Å²) in [6, 6.07) is -0.572. The van der Waals surface area contributed by atoms with Gasteiger partial charge in [-0.1, -0.05) is 0 Å². The summed E-state index contributed by atoms with van der Waals surface area (Å²) in [4.78, 5) is 52.5. The van der Waals surface area contributed by atoms with Gasteiger partial charge in [0.15, 0.2) is 11.2 Å². The number of carbonyl (C=O) groups excluding carboxylic acids is 2. The van der Waals surface area contributed by atoms with Crippen LogP contribution in [0.25, 0.3) is 11.2 Å². The summed E-state index contributed by atoms with van der Waals surface area (Å²) in [5, 5.41) is 5.45. The third-order valence-corrected chi connectivity index (χ3v) is 4.40. The molecular formula is C15H20N6O4. The zero-order chi connectivity index (χ0) is 18.1. The maximum Gasteiger partial charge on any atom is 0.332 e. The molecule has 1 unspecified atom stereocenters. The van der Waals surface area contributed by atoms with Crippen molar-refractivity contribution < 1.29 is 9.59 Å². The van der Waals surface area contributed by atoms with Gasteiger partial charge in [0.2, 0.25) is 11.8 Å². The molecule has 0 saturated carbocycles. The molecule has 1 atom stereocenters. The fourth-order valence-electron chi connectivity index (χ4n) is 2.99. The number of nitrogens with one attached hydrogen (secondary N) is 2. The van der Waals surface area contributed by atoms with E-state index in [1.165, 1.54) is 29.6 Å². The summed E-state index contributed by atoms with van der Waals surface area (Å²) in [6.07, 6.45) is 3.66. The maximum atomic E-state index is 12.3. The van der Waals surface area contributed by atoms with Gasteiger partial charge in [0, 0.05) is 20.6 Å². The average Bonchev–Trinajstić information content (AvgIpc) is 2.89. The maximum absolute atomic E-state index is 12.3. The average molecular weight is 348 g/mol. The van der Waals surface area contributed by atoms with E-state index in [1.807, 2.05) is 0 Å². The van der Waals surface area contributed by atoms with Crippen molar-refractivity contribution in [2.45, 2.75) is 31.8 Å². The van der Waals surface area contributed by atoms with Gasteiger partial charge in [-0.3, -0.25) is 23.5 Å². The van der Waals surface area contributed by atoms with Crippen LogP contribution in [0.5, 0.6) is 0 Å². The predicted molar refractivity (Wildman–Crippen MR) is 89.0 cm³/mol. The van der Waals surface area contributed by atoms with Crippen LogP contribution in [0.2, 0.25) is 0 Å². The largest absolute Gasteiger partial charge is 0.354 e. The van der Waals surface area contributed by atoms with Crippen LogP contribution in [0, 0.1) is 0 Å². The summed E-state index contributed by atoms with van der Waals surface area (Å²) >= 11 is 0. The van der Waals surface area contributed by atoms with E-state index in [0.717, 1.165) is 17.4 Å². The van der Waals surface area contributed by atoms with Crippen LogP contribution >= 0.6 is 0 Å². The van der Waals surface area contributed by atoms with Crippen LogP contribution in [0.15, 0.2) is 15.9 Å². The molecule has 0 bridgehead atoms. The number of rotatable bonds is 3. The molecule has 10 nitrogen and oxygen atoms in total. The molecule has 2 aromatic rings. The molecule has 2 N–H and O–H groups in total. The normalized spacial score (nSPS) is 18.0. The monoisotopic (exact) mass is 348 g/mol. The minimum absolute atomic E-state index is 0.159. The van der Waals surface area contributed by atoms with Gasteiger partial charge in [0.05, 0.1) is 6.33 Å². The molecule has 3 heterocycles. The molecule has 1 fully saturated rings. The van der Waals surface area contributed by atoms with E-state index < -0.39 is 23.2 Å². The lowest BCUT2D eigenvalue weighted by molar-refractivity contribution is -0.129. The van der Waals surface area contributed by atoms with Crippen LogP contribution in [0.1, 0.15) is 19.3 Å². The second kappa shape index (κ2) is 6.54. The second-order valence-corrected chi connectivity index (χ2v) is 6.16. The molecule has 0 radical (unpaired) electrons. The summed E-state index contributed by atoms with van der Waals surface area (Å²) in [7, 11) is 2.88. The van der Waals surface area contributed by atoms with Crippen molar-refractivity contribution >= 4 is 23.0 Å². The number of aromatic nitrogens is 4. The number of aryl methyl sites for hydroxylation is 1. The summed E-state index contributed by atoms with van der Waals surface area (Å²) in [5.74, 6) is -0.586. The first-order valence-corrected chi connectivity index (χ1v) is 8.08. The standard InChI is InChI=1S/C15H20N6O4/c1-19-12-11(14(24)20(2)15(19)25)21(8-17-12)7-10(22)18-9-5-3-4-6-16-13(9)23/h8-9H,3-7H2,1-2H3,(H,16,23)(H,18,22). The van der Waals surface area contributed by atoms with Gasteiger partial charge in [-0.2, -0.15) is 0 Å². The van der Waals surface area contributed by atoms with E-state index in [4.69, 9.17) is 0 Å². The predicted octanol–water partition coefficient (Wildman–Crippen LogP) is -1.78. The minimum atomic E-state index is -0.572. The first-order chi connectivity index (χ1) is 11.9. The van der Waals surface area contributed by atoms with Gasteiger partial charge >= 0.3 is 5.69 Å². The van der Waals surface area contributed by atoms with Crippen LogP contribution in [0.4, 0.5) is 0 Å². The summed E-state index contributed by atoms with van der Waals surface area (Å²) in [6.45, 7) is 0.454. The van der Waals surface area contributed by atoms with Crippen LogP contribution < -0.4 is 21.9 Å². The Labute approximate surface area is 142 Å². The highest BCUT2D eigenvalue weighted by molar-refractivity contribution is 5.88. The molecule has 10 heteroatoms. The fraction of sp³-hybridized carbons (Fsp3) is 0.533. The first kappa shape index (κ1) is 16.9. The van der Waals surface area contributed by atoms with E-state index in [0.29, 0.717) is 13.0 Å². The molecule has 3 rings (SSSR count). The molecule has 1 aliphatic rings. The second-order valence-electron chi connectivity index (χ2n) is 6.16. The molecule has 0 aromatic carbocycles. The van der Waals surface area contributed by atoms with Gasteiger partial charge in [-0.05, 0) is 19.3 Å². The lowest BCUT2D eigenvalue weighted by atomic mass is 10.1. The van der Waals surface area contributed by atoms with Crippen molar-refractivity contribution in [1.29, 1.82) is 0 Å². The number of hydrogen-bond acceptors (Lipinski definition) is 5. The van der Waals surface area contributed by atoms with Gasteiger partial charge < -0.3 is 15.2 Å². The smallest absolute Gasteiger partial charge is 0.332 e. The summed E-state index contributed by atoms with van der Waals surface area (Å²) < 4.78 is 3.61. The first-order valence-electron chi connectivity index (χ1n) is 8.08. The quantitative estimate of drug-likeness (QED) is 0.679. The molecule has 134 valence electrons. The van der Waals surface area contributed by atoms with Crippen molar-refractivity contribution in [1.82, 2.24) is 29.3 Å². The number of hydrogen-bond donors (Lipinski definition) is 2. The van der Waals surface area contributed by atoms with E-state index in [9.17, 15) is 19.2 Å². The van der Waals surface area contributed by atoms with Crippen molar-refractivity contribution in [3.8, 4) is 0 Å². The number of fused-ring (bicyclic) bond motifs is 1. The van der Waals surface area contributed by atoms with E-state index in [1.54, 1.807) is 0 Å². The third kappa shape index (κ3) is 3.06. The number of imidazole rings is 1.